The fraction of sp³-hybridized carbons (Fsp3) is 0.133. The molecule has 0 fully saturated rings. The first kappa shape index (κ1) is 13.0. The van der Waals surface area contributed by atoms with Crippen molar-refractivity contribution < 1.29 is 4.42 Å². The number of nitrogens with one attached hydrogen (secondary N) is 1. The minimum atomic E-state index is 0.648. The van der Waals surface area contributed by atoms with Crippen LogP contribution in [0.1, 0.15) is 5.76 Å². The molecule has 1 aromatic carbocycles. The first-order valence-corrected chi connectivity index (χ1v) is 7.13. The van der Waals surface area contributed by atoms with Gasteiger partial charge in [0.05, 0.1) is 29.4 Å². The predicted molar refractivity (Wildman–Crippen MR) is 84.8 cm³/mol. The summed E-state index contributed by atoms with van der Waals surface area (Å²) in [6, 6.07) is 9.82. The number of halogens is 1. The molecule has 0 saturated heterocycles. The number of furan rings is 1. The third kappa shape index (κ3) is 2.63. The summed E-state index contributed by atoms with van der Waals surface area (Å²) < 4.78 is 6.32. The summed E-state index contributed by atoms with van der Waals surface area (Å²) in [6.07, 6.45) is 4.18. The molecule has 3 N–H and O–H groups in total. The Morgan fingerprint density at radius 3 is 3.00 bits per heavy atom. The van der Waals surface area contributed by atoms with Crippen LogP contribution >= 0.6 is 15.9 Å². The Labute approximate surface area is 125 Å². The van der Waals surface area contributed by atoms with Gasteiger partial charge in [-0.1, -0.05) is 15.9 Å². The Kier molecular flexibility index (Phi) is 3.60. The number of nitrogens with two attached hydrogens (primary N) is 1. The molecule has 0 amide bonds. The van der Waals surface area contributed by atoms with Crippen LogP contribution in [0.15, 0.2) is 51.7 Å². The fourth-order valence-electron chi connectivity index (χ4n) is 2.14. The zero-order valence-corrected chi connectivity index (χ0v) is 12.4. The molecule has 0 unspecified atom stereocenters. The molecule has 0 aliphatic rings. The highest BCUT2D eigenvalue weighted by Crippen LogP contribution is 2.29. The van der Waals surface area contributed by atoms with Crippen molar-refractivity contribution in [2.24, 2.45) is 0 Å². The molecule has 0 atom stereocenters. The van der Waals surface area contributed by atoms with Crippen LogP contribution < -0.4 is 11.1 Å². The molecule has 102 valence electrons. The number of benzene rings is 1. The first-order chi connectivity index (χ1) is 9.74. The average Bonchev–Trinajstić information content (AvgIpc) is 2.94. The monoisotopic (exact) mass is 331 g/mol. The maximum Gasteiger partial charge on any atom is 0.105 e. The number of fused-ring (bicyclic) bond motifs is 1. The van der Waals surface area contributed by atoms with Gasteiger partial charge in [-0.2, -0.15) is 0 Å². The molecule has 5 heteroatoms. The lowest BCUT2D eigenvalue weighted by atomic mass is 10.1. The molecule has 0 bridgehead atoms. The van der Waals surface area contributed by atoms with Gasteiger partial charge in [-0.05, 0) is 30.3 Å². The smallest absolute Gasteiger partial charge is 0.105 e. The van der Waals surface area contributed by atoms with E-state index in [4.69, 9.17) is 10.2 Å². The Balaban J connectivity index is 1.86. The summed E-state index contributed by atoms with van der Waals surface area (Å²) in [6.45, 7) is 0.753. The summed E-state index contributed by atoms with van der Waals surface area (Å²) >= 11 is 3.48. The first-order valence-electron chi connectivity index (χ1n) is 6.34. The van der Waals surface area contributed by atoms with Crippen LogP contribution in [0.5, 0.6) is 0 Å². The Bertz CT molecular complexity index is 720. The van der Waals surface area contributed by atoms with E-state index < -0.39 is 0 Å². The molecule has 0 aliphatic heterocycles. The summed E-state index contributed by atoms with van der Waals surface area (Å²) in [5, 5.41) is 4.39. The molecule has 0 aliphatic carbocycles. The van der Waals surface area contributed by atoms with Crippen LogP contribution in [0, 0.1) is 0 Å². The normalized spacial score (nSPS) is 10.8. The van der Waals surface area contributed by atoms with Crippen molar-refractivity contribution >= 4 is 38.2 Å². The van der Waals surface area contributed by atoms with E-state index in [2.05, 4.69) is 26.2 Å². The SMILES string of the molecule is Nc1cnc2ccc(Br)cc2c1NCCc1ccco1. The van der Waals surface area contributed by atoms with E-state index in [0.29, 0.717) is 5.69 Å². The van der Waals surface area contributed by atoms with Crippen molar-refractivity contribution in [3.8, 4) is 0 Å². The molecule has 20 heavy (non-hydrogen) atoms. The number of pyridine rings is 1. The van der Waals surface area contributed by atoms with Crippen molar-refractivity contribution in [2.75, 3.05) is 17.6 Å². The molecule has 3 rings (SSSR count). The summed E-state index contributed by atoms with van der Waals surface area (Å²) in [5.74, 6) is 0.954. The van der Waals surface area contributed by atoms with E-state index in [0.717, 1.165) is 39.8 Å². The van der Waals surface area contributed by atoms with Gasteiger partial charge >= 0.3 is 0 Å². The van der Waals surface area contributed by atoms with Crippen LogP contribution in [0.2, 0.25) is 0 Å². The Morgan fingerprint density at radius 2 is 2.20 bits per heavy atom. The number of nitrogen functional groups attached to an aromatic ring is 1. The van der Waals surface area contributed by atoms with Crippen molar-refractivity contribution in [3.63, 3.8) is 0 Å². The molecular weight excluding hydrogens is 318 g/mol. The number of hydrogen-bond donors (Lipinski definition) is 2. The Morgan fingerprint density at radius 1 is 1.30 bits per heavy atom. The van der Waals surface area contributed by atoms with Gasteiger partial charge in [0.25, 0.3) is 0 Å². The number of aromatic nitrogens is 1. The zero-order valence-electron chi connectivity index (χ0n) is 10.8. The van der Waals surface area contributed by atoms with E-state index >= 15 is 0 Å². The van der Waals surface area contributed by atoms with Crippen LogP contribution in [0.3, 0.4) is 0 Å². The molecule has 3 aromatic rings. The van der Waals surface area contributed by atoms with Crippen molar-refractivity contribution in [3.05, 3.63) is 53.0 Å². The van der Waals surface area contributed by atoms with Gasteiger partial charge in [-0.25, -0.2) is 0 Å². The molecule has 0 radical (unpaired) electrons. The third-order valence-electron chi connectivity index (χ3n) is 3.11. The third-order valence-corrected chi connectivity index (χ3v) is 3.61. The second-order valence-electron chi connectivity index (χ2n) is 4.51. The van der Waals surface area contributed by atoms with Crippen molar-refractivity contribution in [2.45, 2.75) is 6.42 Å². The number of hydrogen-bond acceptors (Lipinski definition) is 4. The second kappa shape index (κ2) is 5.54. The van der Waals surface area contributed by atoms with E-state index in [-0.39, 0.29) is 0 Å². The van der Waals surface area contributed by atoms with Gasteiger partial charge in [0.15, 0.2) is 0 Å². The molecule has 2 aromatic heterocycles. The van der Waals surface area contributed by atoms with Crippen LogP contribution in [-0.2, 0) is 6.42 Å². The largest absolute Gasteiger partial charge is 0.469 e. The summed E-state index contributed by atoms with van der Waals surface area (Å²) in [4.78, 5) is 4.34. The van der Waals surface area contributed by atoms with Gasteiger partial charge < -0.3 is 15.5 Å². The van der Waals surface area contributed by atoms with Gasteiger partial charge in [0.1, 0.15) is 5.76 Å². The van der Waals surface area contributed by atoms with E-state index in [9.17, 15) is 0 Å². The van der Waals surface area contributed by atoms with Crippen LogP contribution in [0.25, 0.3) is 10.9 Å². The highest BCUT2D eigenvalue weighted by molar-refractivity contribution is 9.10. The lowest BCUT2D eigenvalue weighted by Crippen LogP contribution is -2.07. The van der Waals surface area contributed by atoms with Gasteiger partial charge in [-0.3, -0.25) is 4.98 Å². The number of nitrogens with zero attached hydrogens (tertiary/aromatic N) is 1. The summed E-state index contributed by atoms with van der Waals surface area (Å²) in [7, 11) is 0. The minimum absolute atomic E-state index is 0.648. The average molecular weight is 332 g/mol. The predicted octanol–water partition coefficient (Wildman–Crippen LogP) is 3.83. The van der Waals surface area contributed by atoms with E-state index in [1.807, 2.05) is 30.3 Å². The highest BCUT2D eigenvalue weighted by atomic mass is 79.9. The van der Waals surface area contributed by atoms with Crippen molar-refractivity contribution in [1.82, 2.24) is 4.98 Å². The molecule has 0 saturated carbocycles. The van der Waals surface area contributed by atoms with Crippen molar-refractivity contribution in [1.29, 1.82) is 0 Å². The minimum Gasteiger partial charge on any atom is -0.469 e. The van der Waals surface area contributed by atoms with Gasteiger partial charge in [0.2, 0.25) is 0 Å². The topological polar surface area (TPSA) is 64.1 Å². The molecule has 2 heterocycles. The molecule has 0 spiro atoms. The van der Waals surface area contributed by atoms with Gasteiger partial charge in [0, 0.05) is 22.8 Å². The van der Waals surface area contributed by atoms with Crippen LogP contribution in [0.4, 0.5) is 11.4 Å². The van der Waals surface area contributed by atoms with E-state index in [1.165, 1.54) is 0 Å². The molecule has 4 nitrogen and oxygen atoms in total. The van der Waals surface area contributed by atoms with E-state index in [1.54, 1.807) is 12.5 Å². The lowest BCUT2D eigenvalue weighted by molar-refractivity contribution is 0.513. The maximum absolute atomic E-state index is 6.03. The zero-order chi connectivity index (χ0) is 13.9. The quantitative estimate of drug-likeness (QED) is 0.762. The maximum atomic E-state index is 6.03. The van der Waals surface area contributed by atoms with Gasteiger partial charge in [-0.15, -0.1) is 0 Å². The number of anilines is 2. The lowest BCUT2D eigenvalue weighted by Gasteiger charge is -2.12. The fourth-order valence-corrected chi connectivity index (χ4v) is 2.50. The Hall–Kier alpha value is -2.01. The second-order valence-corrected chi connectivity index (χ2v) is 5.42. The highest BCUT2D eigenvalue weighted by Gasteiger charge is 2.07. The summed E-state index contributed by atoms with van der Waals surface area (Å²) in [5.41, 5.74) is 8.52. The van der Waals surface area contributed by atoms with Crippen LogP contribution in [-0.4, -0.2) is 11.5 Å². The molecular formula is C15H14BrN3O. The standard InChI is InChI=1S/C15H14BrN3O/c16-10-3-4-14-12(8-10)15(13(17)9-19-14)18-6-5-11-2-1-7-20-11/h1-4,7-9H,5-6,17H2,(H,18,19). The number of rotatable bonds is 4.